The second-order valence-electron chi connectivity index (χ2n) is 5.99. The Kier molecular flexibility index (Phi) is 5.21. The smallest absolute Gasteiger partial charge is 0.361 e. The van der Waals surface area contributed by atoms with Crippen LogP contribution in [0.25, 0.3) is 10.9 Å². The minimum Gasteiger partial charge on any atom is -0.361 e. The molecular weight excluding hydrogens is 377 g/mol. The number of pyridine rings is 1. The van der Waals surface area contributed by atoms with Gasteiger partial charge in [-0.1, -0.05) is 18.2 Å². The standard InChI is InChI=1S/C18H15F3N4O3/c19-18(20,21)13-5-3-7-25(17(13)28)10-16(27)24-23-15(26)8-11-9-22-14-6-2-1-4-12(11)14/h1-7,9,22H,8,10H2,(H,23,26)(H,24,27). The van der Waals surface area contributed by atoms with Crippen LogP contribution in [0.2, 0.25) is 0 Å². The van der Waals surface area contributed by atoms with E-state index < -0.39 is 35.7 Å². The first kappa shape index (κ1) is 19.2. The Labute approximate surface area is 156 Å². The highest BCUT2D eigenvalue weighted by molar-refractivity contribution is 5.89. The van der Waals surface area contributed by atoms with Crippen LogP contribution in [-0.4, -0.2) is 21.4 Å². The number of hydrogen-bond acceptors (Lipinski definition) is 3. The average molecular weight is 392 g/mol. The number of hydrazine groups is 1. The summed E-state index contributed by atoms with van der Waals surface area (Å²) in [7, 11) is 0. The third-order valence-corrected chi connectivity index (χ3v) is 4.01. The van der Waals surface area contributed by atoms with Gasteiger partial charge >= 0.3 is 6.18 Å². The number of hydrogen-bond donors (Lipinski definition) is 3. The van der Waals surface area contributed by atoms with Crippen LogP contribution < -0.4 is 16.4 Å². The van der Waals surface area contributed by atoms with Gasteiger partial charge in [0.15, 0.2) is 0 Å². The molecular formula is C18H15F3N4O3. The minimum atomic E-state index is -4.82. The highest BCUT2D eigenvalue weighted by Gasteiger charge is 2.34. The molecule has 0 aliphatic rings. The molecule has 0 spiro atoms. The van der Waals surface area contributed by atoms with Crippen molar-refractivity contribution in [1.29, 1.82) is 0 Å². The number of carbonyl (C=O) groups is 2. The summed E-state index contributed by atoms with van der Waals surface area (Å²) in [6.45, 7) is -0.671. The number of nitrogens with one attached hydrogen (secondary N) is 3. The lowest BCUT2D eigenvalue weighted by molar-refractivity contribution is -0.139. The predicted octanol–water partition coefficient (Wildman–Crippen LogP) is 1.74. The summed E-state index contributed by atoms with van der Waals surface area (Å²) in [5, 5.41) is 0.861. The van der Waals surface area contributed by atoms with E-state index in [4.69, 9.17) is 0 Å². The van der Waals surface area contributed by atoms with Crippen LogP contribution in [0.4, 0.5) is 13.2 Å². The first-order valence-corrected chi connectivity index (χ1v) is 8.15. The molecule has 1 aromatic carbocycles. The van der Waals surface area contributed by atoms with E-state index in [9.17, 15) is 27.6 Å². The number of para-hydroxylation sites is 1. The van der Waals surface area contributed by atoms with Crippen molar-refractivity contribution in [3.63, 3.8) is 0 Å². The number of fused-ring (bicyclic) bond motifs is 1. The highest BCUT2D eigenvalue weighted by atomic mass is 19.4. The number of H-pyrrole nitrogens is 1. The van der Waals surface area contributed by atoms with E-state index in [0.29, 0.717) is 10.6 Å². The molecule has 0 fully saturated rings. The van der Waals surface area contributed by atoms with Gasteiger partial charge in [-0.05, 0) is 23.8 Å². The van der Waals surface area contributed by atoms with Gasteiger partial charge in [0.1, 0.15) is 12.1 Å². The molecule has 2 amide bonds. The van der Waals surface area contributed by atoms with Crippen LogP contribution in [0, 0.1) is 0 Å². The fourth-order valence-electron chi connectivity index (χ4n) is 2.71. The summed E-state index contributed by atoms with van der Waals surface area (Å²) in [4.78, 5) is 38.7. The number of nitrogens with zero attached hydrogens (tertiary/aromatic N) is 1. The zero-order chi connectivity index (χ0) is 20.3. The van der Waals surface area contributed by atoms with Gasteiger partial charge in [-0.15, -0.1) is 0 Å². The lowest BCUT2D eigenvalue weighted by Crippen LogP contribution is -2.45. The van der Waals surface area contributed by atoms with Gasteiger partial charge in [0, 0.05) is 23.3 Å². The van der Waals surface area contributed by atoms with Gasteiger partial charge in [-0.25, -0.2) is 0 Å². The van der Waals surface area contributed by atoms with Crippen LogP contribution in [0.5, 0.6) is 0 Å². The van der Waals surface area contributed by atoms with Crippen molar-refractivity contribution >= 4 is 22.7 Å². The van der Waals surface area contributed by atoms with Gasteiger partial charge in [0.25, 0.3) is 11.5 Å². The average Bonchev–Trinajstić information content (AvgIpc) is 3.04. The van der Waals surface area contributed by atoms with Crippen molar-refractivity contribution in [3.05, 3.63) is 70.3 Å². The third kappa shape index (κ3) is 4.22. The van der Waals surface area contributed by atoms with Gasteiger partial charge < -0.3 is 9.55 Å². The molecule has 0 radical (unpaired) electrons. The van der Waals surface area contributed by atoms with Crippen molar-refractivity contribution in [3.8, 4) is 0 Å². The molecule has 2 heterocycles. The maximum atomic E-state index is 12.7. The van der Waals surface area contributed by atoms with Gasteiger partial charge in [0.2, 0.25) is 5.91 Å². The lowest BCUT2D eigenvalue weighted by atomic mass is 10.1. The molecule has 0 bridgehead atoms. The Morgan fingerprint density at radius 2 is 1.75 bits per heavy atom. The fourth-order valence-corrected chi connectivity index (χ4v) is 2.71. The quantitative estimate of drug-likeness (QED) is 0.590. The number of rotatable bonds is 4. The molecule has 0 atom stereocenters. The van der Waals surface area contributed by atoms with Crippen LogP contribution in [-0.2, 0) is 28.7 Å². The van der Waals surface area contributed by atoms with Crippen molar-refractivity contribution in [1.82, 2.24) is 20.4 Å². The monoisotopic (exact) mass is 392 g/mol. The van der Waals surface area contributed by atoms with Crippen LogP contribution in [0.1, 0.15) is 11.1 Å². The molecule has 146 valence electrons. The lowest BCUT2D eigenvalue weighted by Gasteiger charge is -2.11. The second kappa shape index (κ2) is 7.59. The molecule has 0 unspecified atom stereocenters. The Balaban J connectivity index is 1.59. The third-order valence-electron chi connectivity index (χ3n) is 4.01. The molecule has 0 aliphatic carbocycles. The van der Waals surface area contributed by atoms with Crippen molar-refractivity contribution in [2.45, 2.75) is 19.1 Å². The zero-order valence-electron chi connectivity index (χ0n) is 14.3. The number of carbonyl (C=O) groups excluding carboxylic acids is 2. The van der Waals surface area contributed by atoms with E-state index >= 15 is 0 Å². The van der Waals surface area contributed by atoms with Crippen molar-refractivity contribution in [2.75, 3.05) is 0 Å². The van der Waals surface area contributed by atoms with E-state index in [-0.39, 0.29) is 6.42 Å². The molecule has 3 rings (SSSR count). The second-order valence-corrected chi connectivity index (χ2v) is 5.99. The normalized spacial score (nSPS) is 11.4. The number of aromatic nitrogens is 2. The minimum absolute atomic E-state index is 0.0200. The molecule has 0 aliphatic heterocycles. The van der Waals surface area contributed by atoms with Gasteiger partial charge in [0.05, 0.1) is 6.42 Å². The van der Waals surface area contributed by atoms with Crippen LogP contribution in [0.15, 0.2) is 53.6 Å². The summed E-state index contributed by atoms with van der Waals surface area (Å²) in [5.41, 5.74) is 3.14. The van der Waals surface area contributed by atoms with E-state index in [2.05, 4.69) is 15.8 Å². The molecule has 3 N–H and O–H groups in total. The topological polar surface area (TPSA) is 96.0 Å². The largest absolute Gasteiger partial charge is 0.421 e. The summed E-state index contributed by atoms with van der Waals surface area (Å²) in [5.74, 6) is -1.36. The predicted molar refractivity (Wildman–Crippen MR) is 94.0 cm³/mol. The fraction of sp³-hybridized carbons (Fsp3) is 0.167. The van der Waals surface area contributed by atoms with Gasteiger partial charge in [-0.2, -0.15) is 13.2 Å². The SMILES string of the molecule is O=C(Cc1c[nH]c2ccccc12)NNC(=O)Cn1cccc(C(F)(F)F)c1=O. The summed E-state index contributed by atoms with van der Waals surface area (Å²) >= 11 is 0. The number of alkyl halides is 3. The van der Waals surface area contributed by atoms with E-state index in [1.165, 1.54) is 0 Å². The van der Waals surface area contributed by atoms with Gasteiger partial charge in [-0.3, -0.25) is 25.2 Å². The molecule has 0 saturated carbocycles. The number of amides is 2. The number of benzene rings is 1. The first-order chi connectivity index (χ1) is 13.3. The van der Waals surface area contributed by atoms with Crippen LogP contribution in [0.3, 0.4) is 0 Å². The molecule has 28 heavy (non-hydrogen) atoms. The molecule has 7 nitrogen and oxygen atoms in total. The molecule has 3 aromatic rings. The Morgan fingerprint density at radius 1 is 1.04 bits per heavy atom. The molecule has 0 saturated heterocycles. The molecule has 2 aromatic heterocycles. The van der Waals surface area contributed by atoms with E-state index in [1.807, 2.05) is 24.3 Å². The summed E-state index contributed by atoms with van der Waals surface area (Å²) in [6, 6.07) is 9.02. The maximum absolute atomic E-state index is 12.7. The zero-order valence-corrected chi connectivity index (χ0v) is 14.3. The molecule has 10 heteroatoms. The Hall–Kier alpha value is -3.56. The maximum Gasteiger partial charge on any atom is 0.421 e. The van der Waals surface area contributed by atoms with E-state index in [0.717, 1.165) is 28.7 Å². The first-order valence-electron chi connectivity index (χ1n) is 8.15. The number of aromatic amines is 1. The summed E-state index contributed by atoms with van der Waals surface area (Å²) in [6.07, 6.45) is -2.10. The number of halogens is 3. The van der Waals surface area contributed by atoms with Crippen LogP contribution >= 0.6 is 0 Å². The van der Waals surface area contributed by atoms with Crippen molar-refractivity contribution < 1.29 is 22.8 Å². The highest BCUT2D eigenvalue weighted by Crippen LogP contribution is 2.25. The summed E-state index contributed by atoms with van der Waals surface area (Å²) < 4.78 is 38.8. The Bertz CT molecular complexity index is 1090. The van der Waals surface area contributed by atoms with E-state index in [1.54, 1.807) is 6.20 Å². The Morgan fingerprint density at radius 3 is 2.50 bits per heavy atom. The van der Waals surface area contributed by atoms with Crippen molar-refractivity contribution in [2.24, 2.45) is 0 Å².